The molecule has 2 aromatic carbocycles. The highest BCUT2D eigenvalue weighted by molar-refractivity contribution is 7.18. The van der Waals surface area contributed by atoms with Crippen LogP contribution in [0.2, 0.25) is 0 Å². The van der Waals surface area contributed by atoms with E-state index < -0.39 is 16.6 Å². The van der Waals surface area contributed by atoms with Gasteiger partial charge in [0.1, 0.15) is 17.2 Å². The van der Waals surface area contributed by atoms with Crippen molar-refractivity contribution >= 4 is 33.2 Å². The second kappa shape index (κ2) is 8.09. The molecule has 0 N–H and O–H groups in total. The average molecular weight is 404 g/mol. The van der Waals surface area contributed by atoms with E-state index in [4.69, 9.17) is 18.9 Å². The Labute approximate surface area is 163 Å². The van der Waals surface area contributed by atoms with E-state index in [0.717, 1.165) is 10.2 Å². The van der Waals surface area contributed by atoms with Crippen molar-refractivity contribution in [2.45, 2.75) is 6.61 Å². The van der Waals surface area contributed by atoms with Crippen LogP contribution < -0.4 is 14.2 Å². The summed E-state index contributed by atoms with van der Waals surface area (Å²) in [7, 11) is 3.90. The van der Waals surface area contributed by atoms with Crippen LogP contribution in [0.3, 0.4) is 0 Å². The standard InChI is InChI=1S/C18H16N2O7S/c1-24-12-8-10(15(20(22)23)17(26-3)16(12)25-2)18(21)27-9-14-19-11-6-4-5-7-13(11)28-14/h4-8H,9H2,1-3H3. The minimum atomic E-state index is -0.898. The number of ether oxygens (including phenoxy) is 4. The van der Waals surface area contributed by atoms with Crippen LogP contribution in [0, 0.1) is 10.1 Å². The predicted octanol–water partition coefficient (Wildman–Crippen LogP) is 3.59. The van der Waals surface area contributed by atoms with Crippen molar-refractivity contribution in [3.05, 3.63) is 51.0 Å². The maximum Gasteiger partial charge on any atom is 0.345 e. The quantitative estimate of drug-likeness (QED) is 0.334. The van der Waals surface area contributed by atoms with Gasteiger partial charge in [0.15, 0.2) is 5.75 Å². The Balaban J connectivity index is 1.94. The van der Waals surface area contributed by atoms with E-state index in [1.807, 2.05) is 24.3 Å². The molecular weight excluding hydrogens is 388 g/mol. The molecule has 9 nitrogen and oxygen atoms in total. The van der Waals surface area contributed by atoms with Gasteiger partial charge in [-0.25, -0.2) is 9.78 Å². The van der Waals surface area contributed by atoms with Crippen molar-refractivity contribution in [1.29, 1.82) is 0 Å². The Kier molecular flexibility index (Phi) is 5.59. The van der Waals surface area contributed by atoms with Gasteiger partial charge < -0.3 is 18.9 Å². The third-order valence-corrected chi connectivity index (χ3v) is 4.88. The second-order valence-electron chi connectivity index (χ2n) is 5.45. The fourth-order valence-electron chi connectivity index (χ4n) is 2.66. The number of rotatable bonds is 7. The van der Waals surface area contributed by atoms with Gasteiger partial charge in [0, 0.05) is 6.07 Å². The minimum Gasteiger partial charge on any atom is -0.493 e. The highest BCUT2D eigenvalue weighted by Gasteiger charge is 2.33. The van der Waals surface area contributed by atoms with Crippen LogP contribution in [0.4, 0.5) is 5.69 Å². The van der Waals surface area contributed by atoms with Crippen molar-refractivity contribution < 1.29 is 28.7 Å². The molecule has 3 aromatic rings. The summed E-state index contributed by atoms with van der Waals surface area (Å²) in [6.45, 7) is -0.119. The number of methoxy groups -OCH3 is 3. The molecule has 0 radical (unpaired) electrons. The van der Waals surface area contributed by atoms with E-state index >= 15 is 0 Å². The lowest BCUT2D eigenvalue weighted by molar-refractivity contribution is -0.386. The first-order chi connectivity index (χ1) is 13.5. The number of para-hydroxylation sites is 1. The van der Waals surface area contributed by atoms with Gasteiger partial charge in [-0.2, -0.15) is 0 Å². The Bertz CT molecular complexity index is 1010. The zero-order valence-corrected chi connectivity index (χ0v) is 16.1. The third-order valence-electron chi connectivity index (χ3n) is 3.87. The van der Waals surface area contributed by atoms with Gasteiger partial charge in [-0.05, 0) is 12.1 Å². The topological polar surface area (TPSA) is 110 Å². The number of esters is 1. The number of nitrogens with zero attached hydrogens (tertiary/aromatic N) is 2. The van der Waals surface area contributed by atoms with Gasteiger partial charge in [0.05, 0.1) is 36.5 Å². The molecule has 0 aliphatic carbocycles. The molecule has 0 bridgehead atoms. The van der Waals surface area contributed by atoms with Crippen LogP contribution in [0.1, 0.15) is 15.4 Å². The lowest BCUT2D eigenvalue weighted by atomic mass is 10.1. The molecule has 10 heteroatoms. The van der Waals surface area contributed by atoms with Crippen molar-refractivity contribution in [1.82, 2.24) is 4.98 Å². The molecule has 0 fully saturated rings. The fraction of sp³-hybridized carbons (Fsp3) is 0.222. The van der Waals surface area contributed by atoms with Gasteiger partial charge in [0.2, 0.25) is 11.5 Å². The molecule has 0 saturated heterocycles. The number of thiazole rings is 1. The molecule has 1 heterocycles. The van der Waals surface area contributed by atoms with Crippen molar-refractivity contribution in [3.8, 4) is 17.2 Å². The van der Waals surface area contributed by atoms with Crippen LogP contribution in [-0.2, 0) is 11.3 Å². The SMILES string of the molecule is COc1cc(C(=O)OCc2nc3ccccc3s2)c([N+](=O)[O-])c(OC)c1OC. The van der Waals surface area contributed by atoms with Crippen LogP contribution >= 0.6 is 11.3 Å². The van der Waals surface area contributed by atoms with E-state index in [1.165, 1.54) is 38.7 Å². The molecule has 3 rings (SSSR count). The lowest BCUT2D eigenvalue weighted by Crippen LogP contribution is -2.11. The molecule has 0 aliphatic heterocycles. The minimum absolute atomic E-state index is 0.0134. The van der Waals surface area contributed by atoms with Crippen molar-refractivity contribution in [3.63, 3.8) is 0 Å². The van der Waals surface area contributed by atoms with Crippen LogP contribution in [0.15, 0.2) is 30.3 Å². The third kappa shape index (κ3) is 3.54. The maximum absolute atomic E-state index is 12.6. The zero-order valence-electron chi connectivity index (χ0n) is 15.3. The number of carbonyl (C=O) groups is 1. The summed E-state index contributed by atoms with van der Waals surface area (Å²) < 4.78 is 21.6. The molecule has 1 aromatic heterocycles. The van der Waals surface area contributed by atoms with E-state index in [2.05, 4.69) is 4.98 Å². The molecule has 0 saturated carbocycles. The monoisotopic (exact) mass is 404 g/mol. The molecule has 0 amide bonds. The first-order valence-corrected chi connectivity index (χ1v) is 8.80. The smallest absolute Gasteiger partial charge is 0.345 e. The van der Waals surface area contributed by atoms with E-state index in [-0.39, 0.29) is 29.4 Å². The summed E-state index contributed by atoms with van der Waals surface area (Å²) in [5.41, 5.74) is -0.0765. The summed E-state index contributed by atoms with van der Waals surface area (Å²) in [5, 5.41) is 12.2. The predicted molar refractivity (Wildman–Crippen MR) is 101 cm³/mol. The first kappa shape index (κ1) is 19.4. The largest absolute Gasteiger partial charge is 0.493 e. The number of aromatic nitrogens is 1. The van der Waals surface area contributed by atoms with Gasteiger partial charge >= 0.3 is 11.7 Å². The van der Waals surface area contributed by atoms with Crippen LogP contribution in [-0.4, -0.2) is 37.2 Å². The molecule has 0 aliphatic rings. The lowest BCUT2D eigenvalue weighted by Gasteiger charge is -2.14. The van der Waals surface area contributed by atoms with Crippen molar-refractivity contribution in [2.24, 2.45) is 0 Å². The van der Waals surface area contributed by atoms with Gasteiger partial charge in [-0.3, -0.25) is 10.1 Å². The fourth-order valence-corrected chi connectivity index (χ4v) is 3.55. The normalized spacial score (nSPS) is 10.5. The number of nitro groups is 1. The summed E-state index contributed by atoms with van der Waals surface area (Å²) in [5.74, 6) is -1.000. The Morgan fingerprint density at radius 2 is 1.86 bits per heavy atom. The number of carbonyl (C=O) groups excluding carboxylic acids is 1. The molecule has 0 spiro atoms. The summed E-state index contributed by atoms with van der Waals surface area (Å²) in [6, 6.07) is 8.69. The van der Waals surface area contributed by atoms with Gasteiger partial charge in [0.25, 0.3) is 0 Å². The van der Waals surface area contributed by atoms with Crippen LogP contribution in [0.25, 0.3) is 10.2 Å². The summed E-state index contributed by atoms with van der Waals surface area (Å²) >= 11 is 1.37. The number of nitro benzene ring substituents is 1. The molecule has 146 valence electrons. The molecule has 0 unspecified atom stereocenters. The van der Waals surface area contributed by atoms with E-state index in [9.17, 15) is 14.9 Å². The molecule has 0 atom stereocenters. The Hall–Kier alpha value is -3.40. The molecular formula is C18H16N2O7S. The molecule has 28 heavy (non-hydrogen) atoms. The average Bonchev–Trinajstić information content (AvgIpc) is 3.12. The number of fused-ring (bicyclic) bond motifs is 1. The van der Waals surface area contributed by atoms with E-state index in [1.54, 1.807) is 0 Å². The Morgan fingerprint density at radius 1 is 1.14 bits per heavy atom. The summed E-state index contributed by atoms with van der Waals surface area (Å²) in [6.07, 6.45) is 0. The second-order valence-corrected chi connectivity index (χ2v) is 6.57. The maximum atomic E-state index is 12.6. The van der Waals surface area contributed by atoms with Crippen LogP contribution in [0.5, 0.6) is 17.2 Å². The van der Waals surface area contributed by atoms with Gasteiger partial charge in [-0.1, -0.05) is 12.1 Å². The van der Waals surface area contributed by atoms with E-state index in [0.29, 0.717) is 5.01 Å². The number of benzene rings is 2. The number of hydrogen-bond acceptors (Lipinski definition) is 9. The summed E-state index contributed by atoms with van der Waals surface area (Å²) in [4.78, 5) is 27.8. The first-order valence-electron chi connectivity index (χ1n) is 7.99. The highest BCUT2D eigenvalue weighted by atomic mass is 32.1. The zero-order chi connectivity index (χ0) is 20.3. The Morgan fingerprint density at radius 3 is 2.46 bits per heavy atom. The highest BCUT2D eigenvalue weighted by Crippen LogP contribution is 2.46. The number of hydrogen-bond donors (Lipinski definition) is 0. The van der Waals surface area contributed by atoms with Gasteiger partial charge in [-0.15, -0.1) is 11.3 Å². The van der Waals surface area contributed by atoms with Crippen molar-refractivity contribution in [2.75, 3.05) is 21.3 Å².